The van der Waals surface area contributed by atoms with Crippen LogP contribution in [0.15, 0.2) is 28.7 Å². The van der Waals surface area contributed by atoms with Crippen LogP contribution in [0.4, 0.5) is 10.1 Å². The molecule has 3 aromatic rings. The minimum absolute atomic E-state index is 0.0851. The highest BCUT2D eigenvalue weighted by Crippen LogP contribution is 2.29. The highest BCUT2D eigenvalue weighted by Gasteiger charge is 2.19. The number of hydrogen-bond donors (Lipinski definition) is 3. The van der Waals surface area contributed by atoms with E-state index in [-0.39, 0.29) is 16.6 Å². The largest absolute Gasteiger partial charge is 0.397 e. The van der Waals surface area contributed by atoms with E-state index in [1.165, 1.54) is 12.1 Å². The predicted octanol–water partition coefficient (Wildman–Crippen LogP) is 2.56. The summed E-state index contributed by atoms with van der Waals surface area (Å²) >= 11 is 0. The van der Waals surface area contributed by atoms with Crippen LogP contribution in [-0.2, 0) is 0 Å². The van der Waals surface area contributed by atoms with Gasteiger partial charge in [-0.15, -0.1) is 0 Å². The highest BCUT2D eigenvalue weighted by molar-refractivity contribution is 5.97. The predicted molar refractivity (Wildman–Crippen MR) is 114 cm³/mol. The monoisotopic (exact) mass is 396 g/mol. The number of H-pyrrole nitrogens is 2. The Bertz CT molecular complexity index is 1150. The Labute approximate surface area is 168 Å². The van der Waals surface area contributed by atoms with Gasteiger partial charge in [0.05, 0.1) is 22.3 Å². The van der Waals surface area contributed by atoms with Crippen molar-refractivity contribution in [1.29, 1.82) is 0 Å². The van der Waals surface area contributed by atoms with Crippen LogP contribution in [0.5, 0.6) is 0 Å². The molecule has 0 spiro atoms. The fourth-order valence-corrected chi connectivity index (χ4v) is 3.75. The van der Waals surface area contributed by atoms with Crippen LogP contribution in [0.3, 0.4) is 0 Å². The van der Waals surface area contributed by atoms with Crippen molar-refractivity contribution < 1.29 is 4.39 Å². The van der Waals surface area contributed by atoms with Gasteiger partial charge in [0.2, 0.25) is 0 Å². The second kappa shape index (κ2) is 7.36. The van der Waals surface area contributed by atoms with Crippen LogP contribution >= 0.6 is 0 Å². The molecule has 2 aromatic heterocycles. The lowest BCUT2D eigenvalue weighted by molar-refractivity contribution is 0.187. The van der Waals surface area contributed by atoms with Crippen LogP contribution in [0.2, 0.25) is 0 Å². The van der Waals surface area contributed by atoms with Gasteiger partial charge in [-0.2, -0.15) is 0 Å². The van der Waals surface area contributed by atoms with Crippen molar-refractivity contribution in [1.82, 2.24) is 24.8 Å². The fourth-order valence-electron chi connectivity index (χ4n) is 3.75. The number of imidazole rings is 1. The molecule has 0 unspecified atom stereocenters. The Morgan fingerprint density at radius 2 is 1.97 bits per heavy atom. The molecule has 3 heterocycles. The number of halogens is 1. The van der Waals surface area contributed by atoms with Crippen molar-refractivity contribution in [2.75, 3.05) is 39.0 Å². The SMILES string of the molecule is C/C(=C\c1nc(-c2c(N)c3c(F)cccc3[nH]c2=O)[nH]c1C)N1CCN(C)CC1. The number of aromatic nitrogens is 3. The van der Waals surface area contributed by atoms with Crippen LogP contribution in [0.1, 0.15) is 18.3 Å². The molecular formula is C21H25FN6O. The molecule has 0 bridgehead atoms. The molecular weight excluding hydrogens is 371 g/mol. The summed E-state index contributed by atoms with van der Waals surface area (Å²) in [6.45, 7) is 7.92. The number of benzene rings is 1. The van der Waals surface area contributed by atoms with Crippen molar-refractivity contribution in [2.45, 2.75) is 13.8 Å². The van der Waals surface area contributed by atoms with Gasteiger partial charge in [0.25, 0.3) is 5.56 Å². The molecule has 29 heavy (non-hydrogen) atoms. The fraction of sp³-hybridized carbons (Fsp3) is 0.333. The van der Waals surface area contributed by atoms with E-state index in [9.17, 15) is 9.18 Å². The maximum absolute atomic E-state index is 14.3. The second-order valence-corrected chi connectivity index (χ2v) is 7.58. The van der Waals surface area contributed by atoms with Gasteiger partial charge in [-0.05, 0) is 39.1 Å². The Morgan fingerprint density at radius 1 is 1.24 bits per heavy atom. The van der Waals surface area contributed by atoms with E-state index in [4.69, 9.17) is 5.73 Å². The number of nitrogens with two attached hydrogens (primary N) is 1. The lowest BCUT2D eigenvalue weighted by Crippen LogP contribution is -2.43. The molecule has 8 heteroatoms. The minimum Gasteiger partial charge on any atom is -0.397 e. The van der Waals surface area contributed by atoms with E-state index >= 15 is 0 Å². The van der Waals surface area contributed by atoms with E-state index in [1.54, 1.807) is 6.07 Å². The van der Waals surface area contributed by atoms with Gasteiger partial charge < -0.3 is 25.5 Å². The van der Waals surface area contributed by atoms with E-state index in [2.05, 4.69) is 38.7 Å². The third-order valence-corrected chi connectivity index (χ3v) is 5.53. The van der Waals surface area contributed by atoms with E-state index in [0.717, 1.165) is 43.3 Å². The van der Waals surface area contributed by atoms with Crippen LogP contribution < -0.4 is 11.3 Å². The number of nitrogens with zero attached hydrogens (tertiary/aromatic N) is 3. The first-order chi connectivity index (χ1) is 13.8. The Morgan fingerprint density at radius 3 is 2.69 bits per heavy atom. The van der Waals surface area contributed by atoms with Crippen molar-refractivity contribution >= 4 is 22.7 Å². The highest BCUT2D eigenvalue weighted by atomic mass is 19.1. The Kier molecular flexibility index (Phi) is 4.87. The van der Waals surface area contributed by atoms with Gasteiger partial charge in [-0.3, -0.25) is 4.79 Å². The van der Waals surface area contributed by atoms with Gasteiger partial charge in [-0.25, -0.2) is 9.37 Å². The third-order valence-electron chi connectivity index (χ3n) is 5.53. The summed E-state index contributed by atoms with van der Waals surface area (Å²) in [5.74, 6) is -0.143. The third kappa shape index (κ3) is 3.51. The standard InChI is InChI=1S/C21H25FN6O/c1-12(28-9-7-27(3)8-10-28)11-16-13(2)24-20(25-16)18-19(23)17-14(22)5-4-6-15(17)26-21(18)29/h4-6,11H,7-10H2,1-3H3,(H,24,25)(H3,23,26,29)/b12-11+. The van der Waals surface area contributed by atoms with E-state index in [0.29, 0.717) is 11.3 Å². The number of pyridine rings is 1. The maximum Gasteiger partial charge on any atom is 0.261 e. The molecule has 1 saturated heterocycles. The summed E-state index contributed by atoms with van der Waals surface area (Å²) in [6, 6.07) is 4.48. The topological polar surface area (TPSA) is 94.0 Å². The molecule has 7 nitrogen and oxygen atoms in total. The number of rotatable bonds is 3. The Balaban J connectivity index is 1.74. The number of allylic oxidation sites excluding steroid dienone is 1. The summed E-state index contributed by atoms with van der Waals surface area (Å²) in [7, 11) is 2.12. The van der Waals surface area contributed by atoms with Crippen molar-refractivity contribution in [3.63, 3.8) is 0 Å². The number of aromatic amines is 2. The van der Waals surface area contributed by atoms with Gasteiger partial charge in [0.1, 0.15) is 17.2 Å². The van der Waals surface area contributed by atoms with E-state index < -0.39 is 11.4 Å². The van der Waals surface area contributed by atoms with Gasteiger partial charge in [0.15, 0.2) is 0 Å². The van der Waals surface area contributed by atoms with Crippen LogP contribution in [-0.4, -0.2) is 58.0 Å². The number of piperazine rings is 1. The number of nitrogens with one attached hydrogen (secondary N) is 2. The molecule has 1 aliphatic rings. The lowest BCUT2D eigenvalue weighted by atomic mass is 10.1. The van der Waals surface area contributed by atoms with Crippen molar-refractivity contribution in [3.05, 3.63) is 51.5 Å². The minimum atomic E-state index is -0.480. The number of anilines is 1. The molecule has 1 fully saturated rings. The molecule has 0 atom stereocenters. The molecule has 152 valence electrons. The molecule has 0 amide bonds. The average molecular weight is 396 g/mol. The number of likely N-dealkylation sites (N-methyl/N-ethyl adjacent to an activating group) is 1. The zero-order chi connectivity index (χ0) is 20.7. The zero-order valence-electron chi connectivity index (χ0n) is 16.8. The normalized spacial score (nSPS) is 16.0. The molecule has 0 saturated carbocycles. The molecule has 4 rings (SSSR count). The summed E-state index contributed by atoms with van der Waals surface area (Å²) < 4.78 is 14.3. The summed E-state index contributed by atoms with van der Waals surface area (Å²) in [5, 5.41) is 0.196. The first-order valence-electron chi connectivity index (χ1n) is 9.64. The summed E-state index contributed by atoms with van der Waals surface area (Å²) in [6.07, 6.45) is 2.01. The number of fused-ring (bicyclic) bond motifs is 1. The van der Waals surface area contributed by atoms with Crippen LogP contribution in [0.25, 0.3) is 28.4 Å². The van der Waals surface area contributed by atoms with Crippen molar-refractivity contribution in [3.8, 4) is 11.4 Å². The molecule has 4 N–H and O–H groups in total. The first-order valence-corrected chi connectivity index (χ1v) is 9.64. The molecule has 0 aliphatic carbocycles. The van der Waals surface area contributed by atoms with Crippen molar-refractivity contribution in [2.24, 2.45) is 0 Å². The molecule has 1 aliphatic heterocycles. The number of aryl methyl sites for hydroxylation is 1. The number of hydrogen-bond acceptors (Lipinski definition) is 5. The maximum atomic E-state index is 14.3. The summed E-state index contributed by atoms with van der Waals surface area (Å²) in [4.78, 5) is 27.7. The molecule has 0 radical (unpaired) electrons. The second-order valence-electron chi connectivity index (χ2n) is 7.58. The zero-order valence-corrected chi connectivity index (χ0v) is 16.8. The Hall–Kier alpha value is -3.13. The first kappa shape index (κ1) is 19.2. The summed E-state index contributed by atoms with van der Waals surface area (Å²) in [5.41, 5.74) is 9.08. The quantitative estimate of drug-likeness (QED) is 0.633. The van der Waals surface area contributed by atoms with Gasteiger partial charge in [-0.1, -0.05) is 6.07 Å². The number of nitrogen functional groups attached to an aromatic ring is 1. The van der Waals surface area contributed by atoms with Gasteiger partial charge >= 0.3 is 0 Å². The molecule has 1 aromatic carbocycles. The average Bonchev–Trinajstić information content (AvgIpc) is 3.01. The lowest BCUT2D eigenvalue weighted by Gasteiger charge is -2.34. The van der Waals surface area contributed by atoms with Crippen LogP contribution in [0, 0.1) is 12.7 Å². The van der Waals surface area contributed by atoms with Gasteiger partial charge in [0, 0.05) is 37.6 Å². The van der Waals surface area contributed by atoms with E-state index in [1.807, 2.05) is 13.0 Å². The smallest absolute Gasteiger partial charge is 0.261 e.